The number of fused-ring (bicyclic) bond motifs is 2. The van der Waals surface area contributed by atoms with E-state index in [4.69, 9.17) is 4.55 Å². The van der Waals surface area contributed by atoms with Gasteiger partial charge in [-0.25, -0.2) is 32.8 Å². The van der Waals surface area contributed by atoms with Gasteiger partial charge in [-0.3, -0.25) is 9.35 Å². The van der Waals surface area contributed by atoms with Crippen LogP contribution in [0.25, 0.3) is 0 Å². The van der Waals surface area contributed by atoms with Crippen molar-refractivity contribution in [2.75, 3.05) is 5.75 Å². The Morgan fingerprint density at radius 2 is 1.90 bits per heavy atom. The molecule has 14 heteroatoms. The van der Waals surface area contributed by atoms with Crippen LogP contribution in [0.15, 0.2) is 43.4 Å². The molecule has 2 bridgehead atoms. The number of rotatable bonds is 7. The summed E-state index contributed by atoms with van der Waals surface area (Å²) in [6.07, 6.45) is 6.63. The zero-order chi connectivity index (χ0) is 29.5. The molecule has 40 heavy (non-hydrogen) atoms. The smallest absolute Gasteiger partial charge is 0.265 e. The van der Waals surface area contributed by atoms with Crippen LogP contribution in [0.5, 0.6) is 0 Å². The van der Waals surface area contributed by atoms with Gasteiger partial charge in [0.1, 0.15) is 42.0 Å². The monoisotopic (exact) mass is 581 g/mol. The number of hydrogen-bond acceptors (Lipinski definition) is 8. The van der Waals surface area contributed by atoms with Crippen LogP contribution in [0.1, 0.15) is 57.2 Å². The quantitative estimate of drug-likeness (QED) is 0.400. The zero-order valence-corrected chi connectivity index (χ0v) is 22.9. The Balaban J connectivity index is 0.000000210. The first-order valence-corrected chi connectivity index (χ1v) is 14.2. The Kier molecular flexibility index (Phi) is 7.91. The van der Waals surface area contributed by atoms with Crippen LogP contribution in [-0.2, 0) is 27.1 Å². The van der Waals surface area contributed by atoms with Crippen LogP contribution < -0.4 is 0 Å². The molecule has 1 aromatic carbocycles. The summed E-state index contributed by atoms with van der Waals surface area (Å²) >= 11 is 0. The highest BCUT2D eigenvalue weighted by Gasteiger charge is 2.65. The van der Waals surface area contributed by atoms with Gasteiger partial charge in [-0.15, -0.1) is 0 Å². The SMILES string of the molecule is CC1(C)C2CCC1(CS(=O)(=O)O)C(=O)C2.C[C@@H](c1ncncc1F)[C@](O)(Cn1cncn1)c1ccc(F)cc1F. The number of halogens is 3. The number of aromatic nitrogens is 5. The fourth-order valence-electron chi connectivity index (χ4n) is 6.14. The van der Waals surface area contributed by atoms with Gasteiger partial charge in [-0.2, -0.15) is 13.5 Å². The first-order valence-electron chi connectivity index (χ1n) is 12.5. The summed E-state index contributed by atoms with van der Waals surface area (Å²) in [4.78, 5) is 23.1. The molecule has 0 aliphatic heterocycles. The van der Waals surface area contributed by atoms with E-state index in [1.807, 2.05) is 13.8 Å². The van der Waals surface area contributed by atoms with Crippen LogP contribution >= 0.6 is 0 Å². The normalized spacial score (nSPS) is 23.8. The third kappa shape index (κ3) is 5.39. The fraction of sp³-hybridized carbons (Fsp3) is 0.500. The molecule has 2 aliphatic rings. The van der Waals surface area contributed by atoms with E-state index in [9.17, 15) is 31.5 Å². The lowest BCUT2D eigenvalue weighted by molar-refractivity contribution is -0.128. The number of carbonyl (C=O) groups excluding carboxylic acids is 1. The Labute approximate surface area is 229 Å². The predicted molar refractivity (Wildman–Crippen MR) is 136 cm³/mol. The first kappa shape index (κ1) is 29.7. The summed E-state index contributed by atoms with van der Waals surface area (Å²) in [5.74, 6) is -3.57. The first-order chi connectivity index (χ1) is 18.6. The molecule has 2 aromatic heterocycles. The van der Waals surface area contributed by atoms with Crippen molar-refractivity contribution < 1.29 is 36.0 Å². The molecule has 0 amide bonds. The van der Waals surface area contributed by atoms with Crippen molar-refractivity contribution >= 4 is 15.9 Å². The molecule has 10 nitrogen and oxygen atoms in total. The average molecular weight is 582 g/mol. The molecule has 2 fully saturated rings. The molecule has 0 radical (unpaired) electrons. The van der Waals surface area contributed by atoms with Crippen LogP contribution in [-0.4, -0.2) is 54.3 Å². The second kappa shape index (κ2) is 10.6. The Bertz CT molecular complexity index is 1500. The molecule has 0 spiro atoms. The van der Waals surface area contributed by atoms with Gasteiger partial charge in [0.15, 0.2) is 5.82 Å². The van der Waals surface area contributed by atoms with E-state index < -0.39 is 50.3 Å². The summed E-state index contributed by atoms with van der Waals surface area (Å²) in [5.41, 5.74) is -3.37. The lowest BCUT2D eigenvalue weighted by Gasteiger charge is -2.35. The molecule has 2 aliphatic carbocycles. The van der Waals surface area contributed by atoms with Crippen molar-refractivity contribution in [1.29, 1.82) is 0 Å². The summed E-state index contributed by atoms with van der Waals surface area (Å²) in [6.45, 7) is 5.15. The minimum Gasteiger partial charge on any atom is -0.382 e. The van der Waals surface area contributed by atoms with E-state index in [0.29, 0.717) is 18.9 Å². The largest absolute Gasteiger partial charge is 0.382 e. The average Bonchev–Trinajstić information content (AvgIpc) is 3.49. The topological polar surface area (TPSA) is 148 Å². The number of ketones is 1. The van der Waals surface area contributed by atoms with E-state index in [1.54, 1.807) is 0 Å². The van der Waals surface area contributed by atoms with Gasteiger partial charge in [0, 0.05) is 24.0 Å². The highest BCUT2D eigenvalue weighted by molar-refractivity contribution is 7.85. The van der Waals surface area contributed by atoms with E-state index in [0.717, 1.165) is 31.1 Å². The van der Waals surface area contributed by atoms with Crippen LogP contribution in [0.3, 0.4) is 0 Å². The van der Waals surface area contributed by atoms with Gasteiger partial charge < -0.3 is 5.11 Å². The van der Waals surface area contributed by atoms with Crippen molar-refractivity contribution in [2.24, 2.45) is 16.7 Å². The summed E-state index contributed by atoms with van der Waals surface area (Å²) in [6, 6.07) is 2.80. The lowest BCUT2D eigenvalue weighted by atomic mass is 9.70. The molecule has 2 saturated carbocycles. The number of nitrogens with zero attached hydrogens (tertiary/aromatic N) is 5. The molecular weight excluding hydrogens is 551 g/mol. The standard InChI is InChI=1S/C16H14F3N5O.C10H16O4S/c1-10(15-14(19)5-20-7-22-15)16(25,6-24-9-21-8-23-24)12-3-2-11(17)4-13(12)18;1-9(2)7-3-4-10(9,8(11)5-7)6-15(12,13)14/h2-5,7-10,25H,6H2,1H3;7H,3-6H2,1-2H3,(H,12,13,14)/t10-,16+;/m0./s1. The molecule has 2 N–H and O–H groups in total. The third-order valence-corrected chi connectivity index (χ3v) is 9.52. The van der Waals surface area contributed by atoms with E-state index in [2.05, 4.69) is 20.1 Å². The molecule has 4 atom stereocenters. The van der Waals surface area contributed by atoms with Crippen molar-refractivity contribution in [1.82, 2.24) is 24.7 Å². The van der Waals surface area contributed by atoms with Crippen LogP contribution in [0.2, 0.25) is 0 Å². The molecule has 2 heterocycles. The van der Waals surface area contributed by atoms with E-state index in [-0.39, 0.29) is 34.9 Å². The van der Waals surface area contributed by atoms with Gasteiger partial charge >= 0.3 is 0 Å². The number of hydrogen-bond donors (Lipinski definition) is 2. The number of benzene rings is 1. The summed E-state index contributed by atoms with van der Waals surface area (Å²) in [5, 5.41) is 15.2. The maximum Gasteiger partial charge on any atom is 0.265 e. The number of aliphatic hydroxyl groups is 1. The highest BCUT2D eigenvalue weighted by Crippen LogP contribution is 2.64. The molecular formula is C26H30F3N5O5S. The molecule has 2 unspecified atom stereocenters. The predicted octanol–water partition coefficient (Wildman–Crippen LogP) is 3.45. The summed E-state index contributed by atoms with van der Waals surface area (Å²) < 4.78 is 74.0. The van der Waals surface area contributed by atoms with Crippen molar-refractivity contribution in [3.63, 3.8) is 0 Å². The molecule has 3 aromatic rings. The highest BCUT2D eigenvalue weighted by atomic mass is 32.2. The number of Topliss-reactive ketones (excluding diaryl/α,β-unsaturated/α-hetero) is 1. The van der Waals surface area contributed by atoms with Gasteiger partial charge in [0.25, 0.3) is 10.1 Å². The van der Waals surface area contributed by atoms with Crippen LogP contribution in [0.4, 0.5) is 13.2 Å². The second-order valence-electron chi connectivity index (χ2n) is 11.0. The van der Waals surface area contributed by atoms with Crippen LogP contribution in [0, 0.1) is 34.2 Å². The van der Waals surface area contributed by atoms with Crippen molar-refractivity contribution in [3.05, 3.63) is 72.1 Å². The van der Waals surface area contributed by atoms with E-state index >= 15 is 0 Å². The fourth-order valence-corrected chi connectivity index (χ4v) is 7.44. The van der Waals surface area contributed by atoms with Gasteiger partial charge in [-0.05, 0) is 30.2 Å². The Hall–Kier alpha value is -3.23. The van der Waals surface area contributed by atoms with Gasteiger partial charge in [-0.1, -0.05) is 26.8 Å². The minimum absolute atomic E-state index is 0.0152. The molecule has 0 saturated heterocycles. The maximum absolute atomic E-state index is 14.4. The van der Waals surface area contributed by atoms with Gasteiger partial charge in [0.05, 0.1) is 29.6 Å². The number of carbonyl (C=O) groups is 1. The van der Waals surface area contributed by atoms with E-state index in [1.165, 1.54) is 24.3 Å². The zero-order valence-electron chi connectivity index (χ0n) is 22.1. The van der Waals surface area contributed by atoms with Gasteiger partial charge in [0.2, 0.25) is 0 Å². The summed E-state index contributed by atoms with van der Waals surface area (Å²) in [7, 11) is -4.08. The lowest BCUT2D eigenvalue weighted by Crippen LogP contribution is -2.42. The molecule has 216 valence electrons. The second-order valence-corrected chi connectivity index (χ2v) is 12.5. The molecule has 5 rings (SSSR count). The third-order valence-electron chi connectivity index (χ3n) is 8.66. The Morgan fingerprint density at radius 3 is 2.42 bits per heavy atom. The minimum atomic E-state index is -4.08. The Morgan fingerprint density at radius 1 is 1.18 bits per heavy atom. The maximum atomic E-state index is 14.4. The van der Waals surface area contributed by atoms with Crippen molar-refractivity contribution in [2.45, 2.75) is 58.1 Å². The van der Waals surface area contributed by atoms with Crippen molar-refractivity contribution in [3.8, 4) is 0 Å².